The molecule has 6 nitrogen and oxygen atoms in total. The van der Waals surface area contributed by atoms with E-state index in [0.29, 0.717) is 17.2 Å². The van der Waals surface area contributed by atoms with Crippen molar-refractivity contribution in [2.45, 2.75) is 32.4 Å². The summed E-state index contributed by atoms with van der Waals surface area (Å²) in [5.41, 5.74) is 1.24. The molecule has 1 amide bonds. The summed E-state index contributed by atoms with van der Waals surface area (Å²) in [6.07, 6.45) is 4.98. The number of rotatable bonds is 4. The zero-order valence-electron chi connectivity index (χ0n) is 15.4. The summed E-state index contributed by atoms with van der Waals surface area (Å²) >= 11 is 4.81. The fourth-order valence-corrected chi connectivity index (χ4v) is 4.67. The number of nitrogens with zero attached hydrogens (tertiary/aromatic N) is 3. The van der Waals surface area contributed by atoms with Crippen LogP contribution in [-0.2, 0) is 6.67 Å². The minimum Gasteiger partial charge on any atom is -0.493 e. The Morgan fingerprint density at radius 2 is 2.00 bits per heavy atom. The molecule has 2 N–H and O–H groups in total. The maximum atomic E-state index is 12.2. The van der Waals surface area contributed by atoms with Crippen LogP contribution in [0.5, 0.6) is 5.88 Å². The quantitative estimate of drug-likeness (QED) is 0.560. The number of hydrogen-bond acceptors (Lipinski definition) is 4. The number of benzene rings is 1. The zero-order valence-corrected chi connectivity index (χ0v) is 17.8. The summed E-state index contributed by atoms with van der Waals surface area (Å²) in [7, 11) is 0. The van der Waals surface area contributed by atoms with Crippen molar-refractivity contribution in [2.75, 3.05) is 13.1 Å². The van der Waals surface area contributed by atoms with Crippen LogP contribution in [0.1, 0.15) is 35.4 Å². The van der Waals surface area contributed by atoms with Gasteiger partial charge in [0.1, 0.15) is 0 Å². The molecule has 0 bridgehead atoms. The number of azo groups is 1. The van der Waals surface area contributed by atoms with Crippen molar-refractivity contribution in [3.63, 3.8) is 0 Å². The molecule has 3 heterocycles. The number of fused-ring (bicyclic) bond motifs is 1. The molecule has 0 unspecified atom stereocenters. The molecule has 28 heavy (non-hydrogen) atoms. The average molecular weight is 462 g/mol. The monoisotopic (exact) mass is 461 g/mol. The zero-order chi connectivity index (χ0) is 19.5. The standard InChI is InChI=1S/C20H21BrN4O2S/c21-14-7-8-16-15(12-14)18(22-23-19(26)17-6-5-11-28-17)20(27)25(16)13-24-9-3-1-2-4-10-24/h5-8,11-12,27H,1-4,9-10,13H2/p+1. The van der Waals surface area contributed by atoms with Crippen LogP contribution in [0.25, 0.3) is 10.9 Å². The number of thiophene rings is 1. The van der Waals surface area contributed by atoms with E-state index in [4.69, 9.17) is 0 Å². The van der Waals surface area contributed by atoms with E-state index < -0.39 is 5.91 Å². The number of carbonyl (C=O) groups is 1. The fourth-order valence-electron chi connectivity index (χ4n) is 3.71. The maximum Gasteiger partial charge on any atom is 0.305 e. The average Bonchev–Trinajstić information content (AvgIpc) is 3.21. The van der Waals surface area contributed by atoms with Crippen molar-refractivity contribution in [1.29, 1.82) is 0 Å². The molecule has 4 rings (SSSR count). The lowest BCUT2D eigenvalue weighted by atomic mass is 10.2. The van der Waals surface area contributed by atoms with Crippen LogP contribution in [0.2, 0.25) is 0 Å². The number of aromatic nitrogens is 1. The van der Waals surface area contributed by atoms with Crippen molar-refractivity contribution < 1.29 is 14.8 Å². The lowest BCUT2D eigenvalue weighted by Gasteiger charge is -2.18. The first-order valence-corrected chi connectivity index (χ1v) is 11.1. The van der Waals surface area contributed by atoms with Crippen LogP contribution >= 0.6 is 27.3 Å². The summed E-state index contributed by atoms with van der Waals surface area (Å²) < 4.78 is 2.78. The molecule has 0 radical (unpaired) electrons. The van der Waals surface area contributed by atoms with Gasteiger partial charge in [0, 0.05) is 9.86 Å². The minimum absolute atomic E-state index is 0.0626. The van der Waals surface area contributed by atoms with E-state index in [0.717, 1.165) is 28.5 Å². The van der Waals surface area contributed by atoms with E-state index in [2.05, 4.69) is 26.2 Å². The summed E-state index contributed by atoms with van der Waals surface area (Å²) in [4.78, 5) is 14.2. The highest BCUT2D eigenvalue weighted by molar-refractivity contribution is 9.10. The Labute approximate surface area is 175 Å². The highest BCUT2D eigenvalue weighted by Gasteiger charge is 2.21. The summed E-state index contributed by atoms with van der Waals surface area (Å²) in [6.45, 7) is 2.88. The van der Waals surface area contributed by atoms with Gasteiger partial charge < -0.3 is 10.0 Å². The van der Waals surface area contributed by atoms with Crippen LogP contribution < -0.4 is 4.90 Å². The Kier molecular flexibility index (Phi) is 5.89. The Balaban J connectivity index is 1.70. The predicted octanol–water partition coefficient (Wildman–Crippen LogP) is 4.51. The fraction of sp³-hybridized carbons (Fsp3) is 0.350. The lowest BCUT2D eigenvalue weighted by Crippen LogP contribution is -3.11. The van der Waals surface area contributed by atoms with Crippen LogP contribution in [0.3, 0.4) is 0 Å². The number of hydrogen-bond donors (Lipinski definition) is 2. The van der Waals surface area contributed by atoms with Gasteiger partial charge in [-0.1, -0.05) is 22.0 Å². The number of carbonyl (C=O) groups excluding carboxylic acids is 1. The summed E-state index contributed by atoms with van der Waals surface area (Å²) in [5, 5.41) is 21.5. The van der Waals surface area contributed by atoms with Gasteiger partial charge in [0.25, 0.3) is 0 Å². The molecule has 1 aromatic carbocycles. The van der Waals surface area contributed by atoms with Gasteiger partial charge in [-0.3, -0.25) is 9.36 Å². The number of likely N-dealkylation sites (tertiary alicyclic amines) is 1. The molecule has 3 aromatic rings. The van der Waals surface area contributed by atoms with Crippen molar-refractivity contribution in [2.24, 2.45) is 10.2 Å². The molecule has 1 saturated heterocycles. The van der Waals surface area contributed by atoms with Gasteiger partial charge in [-0.25, -0.2) is 0 Å². The largest absolute Gasteiger partial charge is 0.493 e. The van der Waals surface area contributed by atoms with Crippen LogP contribution in [0, 0.1) is 0 Å². The van der Waals surface area contributed by atoms with E-state index in [1.165, 1.54) is 41.9 Å². The second-order valence-corrected chi connectivity index (χ2v) is 8.93. The molecule has 1 aliphatic rings. The van der Waals surface area contributed by atoms with E-state index in [1.54, 1.807) is 12.1 Å². The summed E-state index contributed by atoms with van der Waals surface area (Å²) in [5.74, 6) is -0.337. The maximum absolute atomic E-state index is 12.2. The first-order valence-electron chi connectivity index (χ1n) is 9.47. The molecule has 1 aliphatic heterocycles. The Hall–Kier alpha value is -2.03. The molecule has 146 valence electrons. The van der Waals surface area contributed by atoms with E-state index in [1.807, 2.05) is 28.1 Å². The van der Waals surface area contributed by atoms with Crippen LogP contribution in [0.4, 0.5) is 5.69 Å². The van der Waals surface area contributed by atoms with Gasteiger partial charge in [-0.2, -0.15) is 0 Å². The first kappa shape index (κ1) is 19.3. The molecule has 8 heteroatoms. The molecule has 0 spiro atoms. The highest BCUT2D eigenvalue weighted by atomic mass is 79.9. The van der Waals surface area contributed by atoms with Crippen molar-refractivity contribution in [3.05, 3.63) is 45.1 Å². The topological polar surface area (TPSA) is 71.4 Å². The van der Waals surface area contributed by atoms with Gasteiger partial charge in [0.2, 0.25) is 5.88 Å². The van der Waals surface area contributed by atoms with E-state index >= 15 is 0 Å². The third-order valence-corrected chi connectivity index (χ3v) is 6.49. The lowest BCUT2D eigenvalue weighted by molar-refractivity contribution is -0.921. The van der Waals surface area contributed by atoms with Gasteiger partial charge in [-0.15, -0.1) is 21.6 Å². The minimum atomic E-state index is -0.400. The van der Waals surface area contributed by atoms with Crippen LogP contribution in [-0.4, -0.2) is 28.7 Å². The number of amides is 1. The molecule has 0 atom stereocenters. The Morgan fingerprint density at radius 3 is 2.71 bits per heavy atom. The molecular formula is C20H22BrN4O2S+. The number of nitrogens with one attached hydrogen (secondary N) is 1. The second-order valence-electron chi connectivity index (χ2n) is 7.07. The number of quaternary nitrogens is 1. The van der Waals surface area contributed by atoms with Crippen molar-refractivity contribution in [1.82, 2.24) is 4.57 Å². The third-order valence-electron chi connectivity index (χ3n) is 5.14. The predicted molar refractivity (Wildman–Crippen MR) is 114 cm³/mol. The smallest absolute Gasteiger partial charge is 0.305 e. The van der Waals surface area contributed by atoms with Gasteiger partial charge in [0.15, 0.2) is 12.4 Å². The van der Waals surface area contributed by atoms with Gasteiger partial charge >= 0.3 is 5.91 Å². The van der Waals surface area contributed by atoms with Crippen molar-refractivity contribution >= 4 is 49.8 Å². The van der Waals surface area contributed by atoms with Gasteiger partial charge in [-0.05, 0) is 55.3 Å². The van der Waals surface area contributed by atoms with Gasteiger partial charge in [0.05, 0.1) is 23.5 Å². The SMILES string of the molecule is O=C(N=Nc1c(O)n(C[NH+]2CCCCCC2)c2ccc(Br)cc12)c1cccs1. The normalized spacial score (nSPS) is 16.0. The molecule has 0 saturated carbocycles. The number of halogens is 1. The Morgan fingerprint density at radius 1 is 1.21 bits per heavy atom. The molecule has 0 aliphatic carbocycles. The third kappa shape index (κ3) is 4.04. The molecule has 1 fully saturated rings. The van der Waals surface area contributed by atoms with Crippen molar-refractivity contribution in [3.8, 4) is 5.88 Å². The molecular weight excluding hydrogens is 440 g/mol. The molecule has 2 aromatic heterocycles. The number of aromatic hydroxyl groups is 1. The first-order chi connectivity index (χ1) is 13.6. The van der Waals surface area contributed by atoms with E-state index in [9.17, 15) is 9.90 Å². The second kappa shape index (κ2) is 8.55. The van der Waals surface area contributed by atoms with Crippen LogP contribution in [0.15, 0.2) is 50.4 Å². The Bertz CT molecular complexity index is 1010. The summed E-state index contributed by atoms with van der Waals surface area (Å²) in [6, 6.07) is 9.35. The van der Waals surface area contributed by atoms with E-state index in [-0.39, 0.29) is 5.88 Å². The highest BCUT2D eigenvalue weighted by Crippen LogP contribution is 2.39.